The highest BCUT2D eigenvalue weighted by atomic mass is 16.5. The van der Waals surface area contributed by atoms with Crippen molar-refractivity contribution in [3.05, 3.63) is 71.7 Å². The molecule has 0 saturated carbocycles. The predicted octanol–water partition coefficient (Wildman–Crippen LogP) is 3.47. The highest BCUT2D eigenvalue weighted by Crippen LogP contribution is 2.24. The Morgan fingerprint density at radius 1 is 1.09 bits per heavy atom. The van der Waals surface area contributed by atoms with Gasteiger partial charge in [-0.3, -0.25) is 9.48 Å². The van der Waals surface area contributed by atoms with Crippen LogP contribution in [-0.4, -0.2) is 44.5 Å². The number of carbonyl (C=O) groups excluding carboxylic acids is 1. The number of nitrogens with zero attached hydrogens (tertiary/aromatic N) is 4. The zero-order valence-corrected chi connectivity index (χ0v) is 18.4. The fourth-order valence-corrected chi connectivity index (χ4v) is 4.33. The van der Waals surface area contributed by atoms with Crippen molar-refractivity contribution in [1.29, 1.82) is 0 Å². The number of hydrogen-bond donors (Lipinski definition) is 1. The molecule has 1 aliphatic heterocycles. The standard InChI is InChI=1S/C25H27N5O2/c1-29-11-7-22-24(29)19(16-23(27-22)25(31)26-20-9-13-32-14-10-20)15-17-3-5-18(6-4-17)21-8-12-30(2)28-21/h3-8,11-12,16,20H,9-10,13-15H2,1-2H3,(H,26,31). The van der Waals surface area contributed by atoms with E-state index in [-0.39, 0.29) is 11.9 Å². The van der Waals surface area contributed by atoms with Gasteiger partial charge in [-0.2, -0.15) is 5.10 Å². The minimum absolute atomic E-state index is 0.116. The van der Waals surface area contributed by atoms with Gasteiger partial charge in [-0.15, -0.1) is 0 Å². The second kappa shape index (κ2) is 8.59. The number of carbonyl (C=O) groups is 1. The van der Waals surface area contributed by atoms with Crippen LogP contribution in [0.5, 0.6) is 0 Å². The summed E-state index contributed by atoms with van der Waals surface area (Å²) < 4.78 is 9.27. The first-order valence-electron chi connectivity index (χ1n) is 11.0. The summed E-state index contributed by atoms with van der Waals surface area (Å²) in [5.74, 6) is -0.116. The van der Waals surface area contributed by atoms with Crippen molar-refractivity contribution in [1.82, 2.24) is 24.6 Å². The van der Waals surface area contributed by atoms with Gasteiger partial charge in [-0.1, -0.05) is 24.3 Å². The maximum Gasteiger partial charge on any atom is 0.270 e. The van der Waals surface area contributed by atoms with Crippen molar-refractivity contribution in [3.8, 4) is 11.3 Å². The third kappa shape index (κ3) is 4.16. The molecule has 1 aliphatic rings. The van der Waals surface area contributed by atoms with Gasteiger partial charge in [0, 0.05) is 51.3 Å². The molecule has 1 aromatic carbocycles. The Labute approximate surface area is 187 Å². The van der Waals surface area contributed by atoms with E-state index in [0.717, 1.165) is 47.1 Å². The van der Waals surface area contributed by atoms with E-state index < -0.39 is 0 Å². The van der Waals surface area contributed by atoms with Crippen LogP contribution < -0.4 is 5.32 Å². The van der Waals surface area contributed by atoms with Gasteiger partial charge < -0.3 is 14.6 Å². The number of aryl methyl sites for hydroxylation is 2. The molecule has 0 unspecified atom stereocenters. The zero-order chi connectivity index (χ0) is 22.1. The summed E-state index contributed by atoms with van der Waals surface area (Å²) in [6, 6.07) is 14.5. The predicted molar refractivity (Wildman–Crippen MR) is 123 cm³/mol. The second-order valence-corrected chi connectivity index (χ2v) is 8.44. The average Bonchev–Trinajstić information content (AvgIpc) is 3.41. The molecule has 7 nitrogen and oxygen atoms in total. The molecule has 0 aliphatic carbocycles. The van der Waals surface area contributed by atoms with Crippen molar-refractivity contribution < 1.29 is 9.53 Å². The summed E-state index contributed by atoms with van der Waals surface area (Å²) >= 11 is 0. The molecule has 0 atom stereocenters. The molecule has 164 valence electrons. The number of ether oxygens (including phenoxy) is 1. The second-order valence-electron chi connectivity index (χ2n) is 8.44. The number of amides is 1. The van der Waals surface area contributed by atoms with Crippen LogP contribution in [-0.2, 0) is 25.3 Å². The molecule has 1 fully saturated rings. The van der Waals surface area contributed by atoms with Gasteiger partial charge in [0.1, 0.15) is 5.69 Å². The molecule has 0 spiro atoms. The molecule has 7 heteroatoms. The van der Waals surface area contributed by atoms with Crippen molar-refractivity contribution in [2.24, 2.45) is 14.1 Å². The maximum atomic E-state index is 12.9. The Morgan fingerprint density at radius 2 is 1.88 bits per heavy atom. The fourth-order valence-electron chi connectivity index (χ4n) is 4.33. The van der Waals surface area contributed by atoms with Gasteiger partial charge in [0.2, 0.25) is 0 Å². The van der Waals surface area contributed by atoms with E-state index in [1.807, 2.05) is 44.7 Å². The Hall–Kier alpha value is -3.45. The molecule has 4 aromatic rings. The SMILES string of the molecule is Cn1ccc(-c2ccc(Cc3cc(C(=O)NC4CCOCC4)nc4ccn(C)c34)cc2)n1. The van der Waals surface area contributed by atoms with Gasteiger partial charge in [0.15, 0.2) is 0 Å². The number of hydrogen-bond acceptors (Lipinski definition) is 4. The van der Waals surface area contributed by atoms with Crippen LogP contribution in [0.4, 0.5) is 0 Å². The first-order valence-corrected chi connectivity index (χ1v) is 11.0. The number of fused-ring (bicyclic) bond motifs is 1. The van der Waals surface area contributed by atoms with E-state index in [4.69, 9.17) is 4.74 Å². The first-order chi connectivity index (χ1) is 15.6. The van der Waals surface area contributed by atoms with E-state index in [9.17, 15) is 4.79 Å². The Balaban J connectivity index is 1.42. The van der Waals surface area contributed by atoms with Gasteiger partial charge in [-0.25, -0.2) is 4.98 Å². The van der Waals surface area contributed by atoms with Gasteiger partial charge in [0.05, 0.1) is 16.7 Å². The van der Waals surface area contributed by atoms with Crippen molar-refractivity contribution in [3.63, 3.8) is 0 Å². The van der Waals surface area contributed by atoms with Gasteiger partial charge >= 0.3 is 0 Å². The lowest BCUT2D eigenvalue weighted by molar-refractivity contribution is 0.0694. The lowest BCUT2D eigenvalue weighted by Crippen LogP contribution is -2.39. The lowest BCUT2D eigenvalue weighted by Gasteiger charge is -2.23. The monoisotopic (exact) mass is 429 g/mol. The molecule has 0 bridgehead atoms. The molecule has 1 amide bonds. The van der Waals surface area contributed by atoms with E-state index >= 15 is 0 Å². The Bertz CT molecular complexity index is 1250. The van der Waals surface area contributed by atoms with E-state index in [0.29, 0.717) is 18.9 Å². The number of pyridine rings is 1. The molecule has 32 heavy (non-hydrogen) atoms. The third-order valence-corrected chi connectivity index (χ3v) is 6.05. The summed E-state index contributed by atoms with van der Waals surface area (Å²) in [4.78, 5) is 17.6. The van der Waals surface area contributed by atoms with Crippen molar-refractivity contribution >= 4 is 16.9 Å². The highest BCUT2D eigenvalue weighted by molar-refractivity contribution is 5.95. The molecule has 5 rings (SSSR count). The number of rotatable bonds is 5. The van der Waals surface area contributed by atoms with Crippen LogP contribution in [0.1, 0.15) is 34.5 Å². The van der Waals surface area contributed by atoms with Crippen LogP contribution in [0.2, 0.25) is 0 Å². The smallest absolute Gasteiger partial charge is 0.270 e. The third-order valence-electron chi connectivity index (χ3n) is 6.05. The van der Waals surface area contributed by atoms with Crippen LogP contribution in [0.3, 0.4) is 0 Å². The molecular formula is C25H27N5O2. The summed E-state index contributed by atoms with van der Waals surface area (Å²) in [5.41, 5.74) is 6.67. The van der Waals surface area contributed by atoms with Crippen molar-refractivity contribution in [2.75, 3.05) is 13.2 Å². The summed E-state index contributed by atoms with van der Waals surface area (Å²) in [5, 5.41) is 7.60. The maximum absolute atomic E-state index is 12.9. The minimum atomic E-state index is -0.116. The Kier molecular flexibility index (Phi) is 5.49. The first kappa shape index (κ1) is 20.5. The molecular weight excluding hydrogens is 402 g/mol. The van der Waals surface area contributed by atoms with E-state index in [1.54, 1.807) is 4.68 Å². The normalized spacial score (nSPS) is 14.7. The molecule has 3 aromatic heterocycles. The average molecular weight is 430 g/mol. The molecule has 1 N–H and O–H groups in total. The quantitative estimate of drug-likeness (QED) is 0.527. The van der Waals surface area contributed by atoms with Gasteiger partial charge in [-0.05, 0) is 48.6 Å². The van der Waals surface area contributed by atoms with Gasteiger partial charge in [0.25, 0.3) is 5.91 Å². The molecule has 0 radical (unpaired) electrons. The van der Waals surface area contributed by atoms with E-state index in [1.165, 1.54) is 5.56 Å². The van der Waals surface area contributed by atoms with Crippen LogP contribution in [0.25, 0.3) is 22.3 Å². The van der Waals surface area contributed by atoms with Crippen LogP contribution >= 0.6 is 0 Å². The highest BCUT2D eigenvalue weighted by Gasteiger charge is 2.20. The summed E-state index contributed by atoms with van der Waals surface area (Å²) in [7, 11) is 3.93. The van der Waals surface area contributed by atoms with Crippen LogP contribution in [0.15, 0.2) is 54.9 Å². The number of aromatic nitrogens is 4. The number of nitrogens with one attached hydrogen (secondary N) is 1. The fraction of sp³-hybridized carbons (Fsp3) is 0.320. The van der Waals surface area contributed by atoms with Crippen molar-refractivity contribution in [2.45, 2.75) is 25.3 Å². The minimum Gasteiger partial charge on any atom is -0.381 e. The zero-order valence-electron chi connectivity index (χ0n) is 18.4. The summed E-state index contributed by atoms with van der Waals surface area (Å²) in [6.07, 6.45) is 6.34. The number of benzene rings is 1. The van der Waals surface area contributed by atoms with Crippen LogP contribution in [0, 0.1) is 0 Å². The summed E-state index contributed by atoms with van der Waals surface area (Å²) in [6.45, 7) is 1.38. The molecule has 4 heterocycles. The Morgan fingerprint density at radius 3 is 2.59 bits per heavy atom. The molecule has 1 saturated heterocycles. The topological polar surface area (TPSA) is 74.0 Å². The largest absolute Gasteiger partial charge is 0.381 e. The van der Waals surface area contributed by atoms with E-state index in [2.05, 4.69) is 44.2 Å². The lowest BCUT2D eigenvalue weighted by atomic mass is 10.0.